The van der Waals surface area contributed by atoms with Crippen molar-refractivity contribution in [3.8, 4) is 0 Å². The lowest BCUT2D eigenvalue weighted by Gasteiger charge is -2.08. The third kappa shape index (κ3) is 6.07. The molecule has 0 unspecified atom stereocenters. The van der Waals surface area contributed by atoms with E-state index in [1.165, 1.54) is 17.7 Å². The first-order valence-corrected chi connectivity index (χ1v) is 13.4. The number of carbonyl (C=O) groups is 1. The van der Waals surface area contributed by atoms with Crippen LogP contribution in [0.5, 0.6) is 0 Å². The van der Waals surface area contributed by atoms with Crippen LogP contribution in [0.2, 0.25) is 0 Å². The van der Waals surface area contributed by atoms with Crippen molar-refractivity contribution in [2.45, 2.75) is 43.4 Å². The van der Waals surface area contributed by atoms with E-state index in [0.717, 1.165) is 35.8 Å². The Morgan fingerprint density at radius 2 is 2.17 bits per heavy atom. The molecule has 3 N–H and O–H groups in total. The Morgan fingerprint density at radius 3 is 2.87 bits per heavy atom. The zero-order valence-electron chi connectivity index (χ0n) is 16.8. The molecule has 0 radical (unpaired) electrons. The van der Waals surface area contributed by atoms with E-state index in [2.05, 4.69) is 34.1 Å². The van der Waals surface area contributed by atoms with Crippen molar-refractivity contribution in [2.24, 2.45) is 5.14 Å². The van der Waals surface area contributed by atoms with Crippen LogP contribution in [0.1, 0.15) is 31.2 Å². The van der Waals surface area contributed by atoms with Gasteiger partial charge in [0.25, 0.3) is 0 Å². The summed E-state index contributed by atoms with van der Waals surface area (Å²) in [5, 5.41) is 12.4. The molecule has 0 saturated carbocycles. The molecule has 3 aromatic rings. The quantitative estimate of drug-likeness (QED) is 0.422. The minimum absolute atomic E-state index is 0.00790. The number of imidazole rings is 1. The SMILES string of the molecule is CCCn1c(CCC(=O)NCCSCc2ccsc2)nc2cc(S(N)(=O)=O)ccc21. The summed E-state index contributed by atoms with van der Waals surface area (Å²) in [5.41, 5.74) is 2.75. The van der Waals surface area contributed by atoms with E-state index in [1.54, 1.807) is 29.2 Å². The van der Waals surface area contributed by atoms with Gasteiger partial charge in [-0.1, -0.05) is 6.92 Å². The summed E-state index contributed by atoms with van der Waals surface area (Å²) in [4.78, 5) is 16.8. The summed E-state index contributed by atoms with van der Waals surface area (Å²) in [5.74, 6) is 2.60. The van der Waals surface area contributed by atoms with Gasteiger partial charge >= 0.3 is 0 Å². The van der Waals surface area contributed by atoms with Gasteiger partial charge in [-0.3, -0.25) is 4.79 Å². The van der Waals surface area contributed by atoms with E-state index < -0.39 is 10.0 Å². The molecule has 0 spiro atoms. The number of hydrogen-bond donors (Lipinski definition) is 2. The minimum Gasteiger partial charge on any atom is -0.355 e. The number of sulfonamides is 1. The Morgan fingerprint density at radius 1 is 1.33 bits per heavy atom. The molecular weight excluding hydrogens is 440 g/mol. The highest BCUT2D eigenvalue weighted by Gasteiger charge is 2.15. The molecule has 7 nitrogen and oxygen atoms in total. The largest absolute Gasteiger partial charge is 0.355 e. The molecule has 0 fully saturated rings. The van der Waals surface area contributed by atoms with Crippen LogP contribution in [0.3, 0.4) is 0 Å². The van der Waals surface area contributed by atoms with E-state index in [1.807, 2.05) is 4.57 Å². The van der Waals surface area contributed by atoms with Crippen molar-refractivity contribution in [3.63, 3.8) is 0 Å². The average Bonchev–Trinajstić information content (AvgIpc) is 3.33. The van der Waals surface area contributed by atoms with Crippen molar-refractivity contribution in [1.29, 1.82) is 0 Å². The van der Waals surface area contributed by atoms with Gasteiger partial charge in [0.05, 0.1) is 15.9 Å². The fourth-order valence-corrected chi connectivity index (χ4v) is 5.26. The third-order valence-electron chi connectivity index (χ3n) is 4.57. The van der Waals surface area contributed by atoms with Crippen molar-refractivity contribution in [2.75, 3.05) is 12.3 Å². The van der Waals surface area contributed by atoms with Crippen LogP contribution in [0, 0.1) is 0 Å². The van der Waals surface area contributed by atoms with Crippen LogP contribution in [-0.2, 0) is 33.5 Å². The van der Waals surface area contributed by atoms with Gasteiger partial charge in [-0.05, 0) is 47.0 Å². The molecule has 30 heavy (non-hydrogen) atoms. The topological polar surface area (TPSA) is 107 Å². The van der Waals surface area contributed by atoms with Gasteiger partial charge in [-0.25, -0.2) is 18.5 Å². The molecule has 1 amide bonds. The lowest BCUT2D eigenvalue weighted by atomic mass is 10.2. The molecule has 2 aromatic heterocycles. The van der Waals surface area contributed by atoms with Gasteiger partial charge in [0, 0.05) is 37.4 Å². The normalized spacial score (nSPS) is 11.8. The molecule has 0 aliphatic carbocycles. The summed E-state index contributed by atoms with van der Waals surface area (Å²) < 4.78 is 25.3. The third-order valence-corrected chi connectivity index (χ3v) is 7.24. The first-order valence-electron chi connectivity index (χ1n) is 9.76. The summed E-state index contributed by atoms with van der Waals surface area (Å²) >= 11 is 3.49. The number of benzene rings is 1. The van der Waals surface area contributed by atoms with Crippen LogP contribution < -0.4 is 10.5 Å². The molecule has 10 heteroatoms. The summed E-state index contributed by atoms with van der Waals surface area (Å²) in [6.07, 6.45) is 1.74. The van der Waals surface area contributed by atoms with E-state index in [0.29, 0.717) is 24.9 Å². The van der Waals surface area contributed by atoms with Crippen molar-refractivity contribution >= 4 is 50.1 Å². The lowest BCUT2D eigenvalue weighted by Crippen LogP contribution is -2.26. The van der Waals surface area contributed by atoms with Crippen LogP contribution in [0.15, 0.2) is 39.9 Å². The van der Waals surface area contributed by atoms with E-state index in [9.17, 15) is 13.2 Å². The average molecular weight is 467 g/mol. The van der Waals surface area contributed by atoms with Crippen LogP contribution in [0.25, 0.3) is 11.0 Å². The number of primary sulfonamides is 1. The summed E-state index contributed by atoms with van der Waals surface area (Å²) in [7, 11) is -3.78. The molecule has 2 heterocycles. The molecule has 3 rings (SSSR count). The number of hydrogen-bond acceptors (Lipinski definition) is 6. The maximum Gasteiger partial charge on any atom is 0.238 e. The van der Waals surface area contributed by atoms with Gasteiger partial charge in [-0.2, -0.15) is 23.1 Å². The van der Waals surface area contributed by atoms with Crippen LogP contribution in [-0.4, -0.2) is 36.2 Å². The molecule has 1 aromatic carbocycles. The maximum atomic E-state index is 12.2. The monoisotopic (exact) mass is 466 g/mol. The number of carbonyl (C=O) groups excluding carboxylic acids is 1. The number of aromatic nitrogens is 2. The number of thioether (sulfide) groups is 1. The highest BCUT2D eigenvalue weighted by molar-refractivity contribution is 7.98. The van der Waals surface area contributed by atoms with Crippen molar-refractivity contribution in [1.82, 2.24) is 14.9 Å². The van der Waals surface area contributed by atoms with Gasteiger partial charge in [0.2, 0.25) is 15.9 Å². The fraction of sp³-hybridized carbons (Fsp3) is 0.400. The first kappa shape index (κ1) is 22.8. The standard InChI is InChI=1S/C20H26N4O3S3/c1-2-9-24-18-4-3-16(30(21,26)27)12-17(18)23-19(24)5-6-20(25)22-8-11-29-14-15-7-10-28-13-15/h3-4,7,10,12-13H,2,5-6,8-9,11,14H2,1H3,(H,22,25)(H2,21,26,27). The Hall–Kier alpha value is -1.88. The summed E-state index contributed by atoms with van der Waals surface area (Å²) in [6, 6.07) is 6.83. The second-order valence-corrected chi connectivity index (χ2v) is 10.4. The second-order valence-electron chi connectivity index (χ2n) is 6.91. The van der Waals surface area contributed by atoms with Crippen molar-refractivity contribution < 1.29 is 13.2 Å². The van der Waals surface area contributed by atoms with Gasteiger partial charge < -0.3 is 9.88 Å². The number of nitrogens with zero attached hydrogens (tertiary/aromatic N) is 2. The smallest absolute Gasteiger partial charge is 0.238 e. The number of thiophene rings is 1. The Labute approximate surface area is 185 Å². The highest BCUT2D eigenvalue weighted by Crippen LogP contribution is 2.21. The van der Waals surface area contributed by atoms with E-state index in [4.69, 9.17) is 5.14 Å². The molecule has 0 atom stereocenters. The maximum absolute atomic E-state index is 12.2. The number of aryl methyl sites for hydroxylation is 2. The van der Waals surface area contributed by atoms with Gasteiger partial charge in [0.1, 0.15) is 5.82 Å². The first-order chi connectivity index (χ1) is 14.4. The molecular formula is C20H26N4O3S3. The fourth-order valence-electron chi connectivity index (χ4n) is 3.14. The zero-order chi connectivity index (χ0) is 21.6. The Kier molecular flexibility index (Phi) is 7.93. The highest BCUT2D eigenvalue weighted by atomic mass is 32.2. The number of nitrogens with one attached hydrogen (secondary N) is 1. The Balaban J connectivity index is 1.56. The number of fused-ring (bicyclic) bond motifs is 1. The molecule has 0 saturated heterocycles. The number of amides is 1. The Bertz CT molecular complexity index is 1090. The molecule has 162 valence electrons. The number of rotatable bonds is 11. The van der Waals surface area contributed by atoms with Gasteiger partial charge in [-0.15, -0.1) is 0 Å². The number of nitrogens with two attached hydrogens (primary N) is 1. The summed E-state index contributed by atoms with van der Waals surface area (Å²) in [6.45, 7) is 3.45. The molecule has 0 aliphatic rings. The molecule has 0 bridgehead atoms. The van der Waals surface area contributed by atoms with Crippen LogP contribution >= 0.6 is 23.1 Å². The zero-order valence-corrected chi connectivity index (χ0v) is 19.3. The van der Waals surface area contributed by atoms with Crippen LogP contribution in [0.4, 0.5) is 0 Å². The molecule has 0 aliphatic heterocycles. The van der Waals surface area contributed by atoms with Gasteiger partial charge in [0.15, 0.2) is 0 Å². The minimum atomic E-state index is -3.78. The van der Waals surface area contributed by atoms with E-state index >= 15 is 0 Å². The predicted octanol–water partition coefficient (Wildman–Crippen LogP) is 3.14. The predicted molar refractivity (Wildman–Crippen MR) is 123 cm³/mol. The van der Waals surface area contributed by atoms with Crippen molar-refractivity contribution in [3.05, 3.63) is 46.4 Å². The lowest BCUT2D eigenvalue weighted by molar-refractivity contribution is -0.120. The second kappa shape index (κ2) is 10.4. The van der Waals surface area contributed by atoms with E-state index in [-0.39, 0.29) is 10.8 Å².